The minimum atomic E-state index is -0.346. The molecule has 2 aromatic heterocycles. The van der Waals surface area contributed by atoms with Crippen molar-refractivity contribution < 1.29 is 9.18 Å². The van der Waals surface area contributed by atoms with Crippen molar-refractivity contribution in [1.29, 1.82) is 0 Å². The molecule has 1 amide bonds. The van der Waals surface area contributed by atoms with Crippen LogP contribution in [0.4, 0.5) is 4.39 Å². The lowest BCUT2D eigenvalue weighted by Gasteiger charge is -2.06. The Morgan fingerprint density at radius 1 is 1.14 bits per heavy atom. The molecule has 0 bridgehead atoms. The molecule has 5 nitrogen and oxygen atoms in total. The number of nitrogens with one attached hydrogen (secondary N) is 1. The number of para-hydroxylation sites is 2. The highest BCUT2D eigenvalue weighted by atomic mass is 32.1. The number of thiazole rings is 1. The summed E-state index contributed by atoms with van der Waals surface area (Å²) in [5.41, 5.74) is 3.55. The number of hydrogen-bond donors (Lipinski definition) is 1. The number of aromatic nitrogens is 3. The number of hydrogen-bond acceptors (Lipinski definition) is 4. The Labute approximate surface area is 164 Å². The highest BCUT2D eigenvalue weighted by Crippen LogP contribution is 2.29. The summed E-state index contributed by atoms with van der Waals surface area (Å²) in [7, 11) is 0. The van der Waals surface area contributed by atoms with Crippen LogP contribution in [-0.4, -0.2) is 20.7 Å². The van der Waals surface area contributed by atoms with E-state index in [0.29, 0.717) is 17.9 Å². The van der Waals surface area contributed by atoms with Gasteiger partial charge in [0.25, 0.3) is 5.91 Å². The summed E-state index contributed by atoms with van der Waals surface area (Å²) in [5, 5.41) is 8.24. The number of amides is 1. The zero-order valence-corrected chi connectivity index (χ0v) is 15.8. The summed E-state index contributed by atoms with van der Waals surface area (Å²) in [4.78, 5) is 17.4. The molecule has 0 fully saturated rings. The first-order chi connectivity index (χ1) is 13.7. The third-order valence-corrected chi connectivity index (χ3v) is 6.00. The number of halogens is 1. The van der Waals surface area contributed by atoms with Gasteiger partial charge in [0.1, 0.15) is 16.5 Å². The van der Waals surface area contributed by atoms with Gasteiger partial charge in [-0.2, -0.15) is 5.10 Å². The third-order valence-electron chi connectivity index (χ3n) is 4.96. The zero-order chi connectivity index (χ0) is 19.1. The number of rotatable bonds is 4. The first kappa shape index (κ1) is 17.1. The summed E-state index contributed by atoms with van der Waals surface area (Å²) >= 11 is 1.56. The largest absolute Gasteiger partial charge is 0.344 e. The van der Waals surface area contributed by atoms with Crippen LogP contribution in [0.2, 0.25) is 0 Å². The minimum Gasteiger partial charge on any atom is -0.344 e. The second kappa shape index (κ2) is 6.83. The van der Waals surface area contributed by atoms with Crippen molar-refractivity contribution in [3.05, 3.63) is 76.3 Å². The van der Waals surface area contributed by atoms with Gasteiger partial charge in [0.05, 0.1) is 16.8 Å². The fourth-order valence-corrected chi connectivity index (χ4v) is 4.58. The molecule has 4 aromatic rings. The van der Waals surface area contributed by atoms with Crippen LogP contribution in [0.3, 0.4) is 0 Å². The van der Waals surface area contributed by atoms with E-state index in [1.54, 1.807) is 34.2 Å². The standard InChI is InChI=1S/C21H17FN4OS/c22-14-7-1-3-9-17(14)26-16-10-5-6-13(16)20(25-26)21(27)23-12-19-24-15-8-2-4-11-18(15)28-19/h1-4,7-9,11H,5-6,10,12H2,(H,23,27). The lowest BCUT2D eigenvalue weighted by Crippen LogP contribution is -2.24. The SMILES string of the molecule is O=C(NCc1nc2ccccc2s1)c1nn(-c2ccccc2F)c2c1CCC2. The predicted molar refractivity (Wildman–Crippen MR) is 106 cm³/mol. The average molecular weight is 392 g/mol. The smallest absolute Gasteiger partial charge is 0.272 e. The van der Waals surface area contributed by atoms with E-state index in [1.807, 2.05) is 24.3 Å². The Morgan fingerprint density at radius 2 is 1.96 bits per heavy atom. The van der Waals surface area contributed by atoms with Gasteiger partial charge < -0.3 is 5.32 Å². The lowest BCUT2D eigenvalue weighted by atomic mass is 10.2. The van der Waals surface area contributed by atoms with Gasteiger partial charge >= 0.3 is 0 Å². The van der Waals surface area contributed by atoms with Gasteiger partial charge in [-0.25, -0.2) is 14.1 Å². The maximum Gasteiger partial charge on any atom is 0.272 e. The Morgan fingerprint density at radius 3 is 2.82 bits per heavy atom. The maximum atomic E-state index is 14.3. The number of benzene rings is 2. The van der Waals surface area contributed by atoms with E-state index in [4.69, 9.17) is 0 Å². The molecule has 0 spiro atoms. The number of carbonyl (C=O) groups is 1. The normalized spacial score (nSPS) is 13.0. The van der Waals surface area contributed by atoms with Gasteiger partial charge in [-0.3, -0.25) is 4.79 Å². The third kappa shape index (κ3) is 2.88. The molecule has 0 saturated heterocycles. The molecule has 0 aliphatic heterocycles. The van der Waals surface area contributed by atoms with Crippen molar-refractivity contribution in [3.63, 3.8) is 0 Å². The van der Waals surface area contributed by atoms with E-state index >= 15 is 0 Å². The molecule has 2 heterocycles. The molecule has 0 atom stereocenters. The van der Waals surface area contributed by atoms with E-state index in [0.717, 1.165) is 45.7 Å². The molecule has 0 saturated carbocycles. The highest BCUT2D eigenvalue weighted by Gasteiger charge is 2.27. The second-order valence-electron chi connectivity index (χ2n) is 6.75. The summed E-state index contributed by atoms with van der Waals surface area (Å²) in [6.07, 6.45) is 2.52. The number of fused-ring (bicyclic) bond motifs is 2. The predicted octanol–water partition coefficient (Wildman–Crippen LogP) is 4.04. The van der Waals surface area contributed by atoms with E-state index in [-0.39, 0.29) is 11.7 Å². The molecular weight excluding hydrogens is 375 g/mol. The monoisotopic (exact) mass is 392 g/mol. The van der Waals surface area contributed by atoms with Crippen LogP contribution in [-0.2, 0) is 19.4 Å². The topological polar surface area (TPSA) is 59.8 Å². The first-order valence-electron chi connectivity index (χ1n) is 9.19. The van der Waals surface area contributed by atoms with Crippen LogP contribution in [0, 0.1) is 5.82 Å². The van der Waals surface area contributed by atoms with E-state index in [2.05, 4.69) is 15.4 Å². The lowest BCUT2D eigenvalue weighted by molar-refractivity contribution is 0.0944. The van der Waals surface area contributed by atoms with Crippen LogP contribution < -0.4 is 5.32 Å². The molecular formula is C21H17FN4OS. The summed E-state index contributed by atoms with van der Waals surface area (Å²) < 4.78 is 16.9. The quantitative estimate of drug-likeness (QED) is 0.570. The van der Waals surface area contributed by atoms with E-state index < -0.39 is 0 Å². The van der Waals surface area contributed by atoms with Crippen LogP contribution in [0.25, 0.3) is 15.9 Å². The minimum absolute atomic E-state index is 0.243. The Kier molecular flexibility index (Phi) is 4.16. The molecule has 140 valence electrons. The molecule has 0 unspecified atom stereocenters. The van der Waals surface area contributed by atoms with Crippen molar-refractivity contribution in [2.75, 3.05) is 0 Å². The van der Waals surface area contributed by atoms with Gasteiger partial charge in [-0.15, -0.1) is 11.3 Å². The van der Waals surface area contributed by atoms with Crippen molar-refractivity contribution in [2.24, 2.45) is 0 Å². The number of nitrogens with zero attached hydrogens (tertiary/aromatic N) is 3. The van der Waals surface area contributed by atoms with E-state index in [9.17, 15) is 9.18 Å². The van der Waals surface area contributed by atoms with Crippen LogP contribution >= 0.6 is 11.3 Å². The molecule has 0 radical (unpaired) electrons. The summed E-state index contributed by atoms with van der Waals surface area (Å²) in [6, 6.07) is 14.4. The Balaban J connectivity index is 1.42. The van der Waals surface area contributed by atoms with Gasteiger partial charge in [-0.05, 0) is 43.5 Å². The molecule has 1 aliphatic rings. The fraction of sp³-hybridized carbons (Fsp3) is 0.190. The van der Waals surface area contributed by atoms with Crippen LogP contribution in [0.1, 0.15) is 33.2 Å². The maximum absolute atomic E-state index is 14.3. The number of carbonyl (C=O) groups excluding carboxylic acids is 1. The van der Waals surface area contributed by atoms with Crippen molar-refractivity contribution in [1.82, 2.24) is 20.1 Å². The van der Waals surface area contributed by atoms with Crippen LogP contribution in [0.5, 0.6) is 0 Å². The summed E-state index contributed by atoms with van der Waals surface area (Å²) in [6.45, 7) is 0.347. The average Bonchev–Trinajstić information content (AvgIpc) is 3.41. The second-order valence-corrected chi connectivity index (χ2v) is 7.86. The van der Waals surface area contributed by atoms with Gasteiger partial charge in [0.2, 0.25) is 0 Å². The molecule has 1 aliphatic carbocycles. The van der Waals surface area contributed by atoms with Crippen molar-refractivity contribution >= 4 is 27.5 Å². The molecule has 7 heteroatoms. The molecule has 28 heavy (non-hydrogen) atoms. The molecule has 5 rings (SSSR count). The Bertz CT molecular complexity index is 1160. The summed E-state index contributed by atoms with van der Waals surface area (Å²) in [5.74, 6) is -0.589. The fourth-order valence-electron chi connectivity index (χ4n) is 3.68. The van der Waals surface area contributed by atoms with Crippen molar-refractivity contribution in [2.45, 2.75) is 25.8 Å². The Hall–Kier alpha value is -3.06. The van der Waals surface area contributed by atoms with Gasteiger partial charge in [-0.1, -0.05) is 24.3 Å². The van der Waals surface area contributed by atoms with Gasteiger partial charge in [0.15, 0.2) is 5.69 Å². The molecule has 2 aromatic carbocycles. The van der Waals surface area contributed by atoms with Gasteiger partial charge in [0, 0.05) is 11.3 Å². The van der Waals surface area contributed by atoms with Crippen LogP contribution in [0.15, 0.2) is 48.5 Å². The highest BCUT2D eigenvalue weighted by molar-refractivity contribution is 7.18. The molecule has 1 N–H and O–H groups in total. The van der Waals surface area contributed by atoms with E-state index in [1.165, 1.54) is 6.07 Å². The zero-order valence-electron chi connectivity index (χ0n) is 15.0. The van der Waals surface area contributed by atoms with Crippen molar-refractivity contribution in [3.8, 4) is 5.69 Å². The first-order valence-corrected chi connectivity index (χ1v) is 10.0.